The van der Waals surface area contributed by atoms with Crippen LogP contribution in [0.3, 0.4) is 0 Å². The van der Waals surface area contributed by atoms with Gasteiger partial charge in [0.05, 0.1) is 32.4 Å². The molecular weight excluding hydrogens is 430 g/mol. The molecule has 1 N–H and O–H groups in total. The molecule has 4 aromatic rings. The van der Waals surface area contributed by atoms with Crippen LogP contribution >= 0.6 is 0 Å². The third-order valence-electron chi connectivity index (χ3n) is 5.62. The number of pyridine rings is 1. The number of amides is 1. The number of nitrogens with zero attached hydrogens (tertiary/aromatic N) is 4. The second-order valence-electron chi connectivity index (χ2n) is 8.12. The molecule has 0 bridgehead atoms. The number of hydrogen-bond acceptors (Lipinski definition) is 6. The van der Waals surface area contributed by atoms with Crippen molar-refractivity contribution in [2.24, 2.45) is 0 Å². The standard InChI is InChI=1S/C26H25N5O3/c1-15-8-17(3)25-20(9-15)16(2)10-23(29-25)31-26(19(13-27)14-28-31)30-24(32)12-18-6-7-21(33-4)22(11-18)34-5/h6-11,14H,12H2,1-5H3,(H,30,32). The Balaban J connectivity index is 1.68. The van der Waals surface area contributed by atoms with Crippen LogP contribution in [0.5, 0.6) is 11.5 Å². The summed E-state index contributed by atoms with van der Waals surface area (Å²) >= 11 is 0. The van der Waals surface area contributed by atoms with E-state index in [0.29, 0.717) is 17.3 Å². The monoisotopic (exact) mass is 455 g/mol. The van der Waals surface area contributed by atoms with Crippen LogP contribution in [-0.4, -0.2) is 34.9 Å². The molecule has 1 amide bonds. The van der Waals surface area contributed by atoms with E-state index < -0.39 is 0 Å². The van der Waals surface area contributed by atoms with Gasteiger partial charge in [-0.1, -0.05) is 17.7 Å². The fourth-order valence-electron chi connectivity index (χ4n) is 4.01. The summed E-state index contributed by atoms with van der Waals surface area (Å²) in [6, 6.07) is 13.5. The minimum absolute atomic E-state index is 0.0823. The zero-order valence-corrected chi connectivity index (χ0v) is 19.8. The van der Waals surface area contributed by atoms with E-state index in [1.165, 1.54) is 10.9 Å². The number of hydrogen-bond donors (Lipinski definition) is 1. The Bertz CT molecular complexity index is 1450. The average Bonchev–Trinajstić information content (AvgIpc) is 3.21. The van der Waals surface area contributed by atoms with Crippen molar-refractivity contribution in [3.8, 4) is 23.4 Å². The van der Waals surface area contributed by atoms with E-state index >= 15 is 0 Å². The number of rotatable bonds is 6. The molecular formula is C26H25N5O3. The summed E-state index contributed by atoms with van der Waals surface area (Å²) < 4.78 is 12.1. The molecule has 0 radical (unpaired) electrons. The van der Waals surface area contributed by atoms with E-state index in [1.54, 1.807) is 32.4 Å². The lowest BCUT2D eigenvalue weighted by Crippen LogP contribution is -2.18. The number of methoxy groups -OCH3 is 2. The minimum Gasteiger partial charge on any atom is -0.493 e. The number of carbonyl (C=O) groups excluding carboxylic acids is 1. The van der Waals surface area contributed by atoms with Crippen molar-refractivity contribution >= 4 is 22.6 Å². The zero-order chi connectivity index (χ0) is 24.4. The first-order chi connectivity index (χ1) is 16.3. The molecule has 8 nitrogen and oxygen atoms in total. The van der Waals surface area contributed by atoms with Gasteiger partial charge in [-0.2, -0.15) is 15.0 Å². The second-order valence-corrected chi connectivity index (χ2v) is 8.12. The minimum atomic E-state index is -0.296. The molecule has 2 heterocycles. The number of nitriles is 1. The van der Waals surface area contributed by atoms with Crippen molar-refractivity contribution in [1.29, 1.82) is 5.26 Å². The van der Waals surface area contributed by atoms with E-state index in [1.807, 2.05) is 19.9 Å². The summed E-state index contributed by atoms with van der Waals surface area (Å²) in [7, 11) is 3.10. The molecule has 0 saturated carbocycles. The van der Waals surface area contributed by atoms with Crippen LogP contribution in [-0.2, 0) is 11.2 Å². The first kappa shape index (κ1) is 22.8. The summed E-state index contributed by atoms with van der Waals surface area (Å²) in [5.74, 6) is 1.63. The first-order valence-electron chi connectivity index (χ1n) is 10.7. The van der Waals surface area contributed by atoms with Gasteiger partial charge in [0.1, 0.15) is 11.6 Å². The Morgan fingerprint density at radius 2 is 1.82 bits per heavy atom. The summed E-state index contributed by atoms with van der Waals surface area (Å²) in [6.45, 7) is 6.08. The summed E-state index contributed by atoms with van der Waals surface area (Å²) in [5.41, 5.74) is 5.09. The van der Waals surface area contributed by atoms with Crippen LogP contribution in [0, 0.1) is 32.1 Å². The summed E-state index contributed by atoms with van der Waals surface area (Å²) in [6.07, 6.45) is 1.51. The number of benzene rings is 2. The lowest BCUT2D eigenvalue weighted by molar-refractivity contribution is -0.115. The highest BCUT2D eigenvalue weighted by Gasteiger charge is 2.18. The molecule has 2 aromatic carbocycles. The molecule has 0 spiro atoms. The van der Waals surface area contributed by atoms with Crippen molar-refractivity contribution in [3.63, 3.8) is 0 Å². The molecule has 0 atom stereocenters. The number of ether oxygens (including phenoxy) is 2. The molecule has 0 fully saturated rings. The van der Waals surface area contributed by atoms with E-state index in [0.717, 1.165) is 33.2 Å². The second kappa shape index (κ2) is 9.24. The van der Waals surface area contributed by atoms with Crippen LogP contribution in [0.2, 0.25) is 0 Å². The van der Waals surface area contributed by atoms with E-state index in [4.69, 9.17) is 14.5 Å². The van der Waals surface area contributed by atoms with Crippen LogP contribution in [0.1, 0.15) is 27.8 Å². The normalized spacial score (nSPS) is 10.7. The van der Waals surface area contributed by atoms with Gasteiger partial charge >= 0.3 is 0 Å². The van der Waals surface area contributed by atoms with Crippen LogP contribution < -0.4 is 14.8 Å². The van der Waals surface area contributed by atoms with Gasteiger partial charge in [0.25, 0.3) is 0 Å². The van der Waals surface area contributed by atoms with Crippen molar-refractivity contribution in [2.45, 2.75) is 27.2 Å². The highest BCUT2D eigenvalue weighted by molar-refractivity contribution is 5.93. The van der Waals surface area contributed by atoms with Crippen molar-refractivity contribution in [1.82, 2.24) is 14.8 Å². The van der Waals surface area contributed by atoms with E-state index in [2.05, 4.69) is 35.5 Å². The molecule has 0 aliphatic rings. The van der Waals surface area contributed by atoms with Gasteiger partial charge in [-0.15, -0.1) is 0 Å². The van der Waals surface area contributed by atoms with E-state index in [-0.39, 0.29) is 23.7 Å². The Kier molecular flexibility index (Phi) is 6.19. The average molecular weight is 456 g/mol. The highest BCUT2D eigenvalue weighted by atomic mass is 16.5. The van der Waals surface area contributed by atoms with Gasteiger partial charge in [-0.25, -0.2) is 4.98 Å². The molecule has 0 saturated heterocycles. The fraction of sp³-hybridized carbons (Fsp3) is 0.231. The molecule has 0 unspecified atom stereocenters. The van der Waals surface area contributed by atoms with Crippen molar-refractivity contribution in [3.05, 3.63) is 70.4 Å². The van der Waals surface area contributed by atoms with Crippen molar-refractivity contribution < 1.29 is 14.3 Å². The zero-order valence-electron chi connectivity index (χ0n) is 19.8. The lowest BCUT2D eigenvalue weighted by atomic mass is 10.0. The smallest absolute Gasteiger partial charge is 0.229 e. The van der Waals surface area contributed by atoms with Gasteiger partial charge < -0.3 is 14.8 Å². The Morgan fingerprint density at radius 3 is 2.53 bits per heavy atom. The maximum Gasteiger partial charge on any atom is 0.229 e. The maximum atomic E-state index is 12.9. The summed E-state index contributed by atoms with van der Waals surface area (Å²) in [5, 5.41) is 17.8. The quantitative estimate of drug-likeness (QED) is 0.462. The molecule has 34 heavy (non-hydrogen) atoms. The third kappa shape index (κ3) is 4.28. The van der Waals surface area contributed by atoms with Gasteiger partial charge in [-0.05, 0) is 61.7 Å². The number of carbonyl (C=O) groups is 1. The molecule has 0 aliphatic carbocycles. The van der Waals surface area contributed by atoms with Gasteiger partial charge in [0.15, 0.2) is 23.1 Å². The van der Waals surface area contributed by atoms with Crippen molar-refractivity contribution in [2.75, 3.05) is 19.5 Å². The maximum absolute atomic E-state index is 12.9. The fourth-order valence-corrected chi connectivity index (χ4v) is 4.01. The number of nitrogens with one attached hydrogen (secondary N) is 1. The number of anilines is 1. The summed E-state index contributed by atoms with van der Waals surface area (Å²) in [4.78, 5) is 17.7. The molecule has 2 aromatic heterocycles. The molecule has 0 aliphatic heterocycles. The highest BCUT2D eigenvalue weighted by Crippen LogP contribution is 2.29. The van der Waals surface area contributed by atoms with E-state index in [9.17, 15) is 10.1 Å². The molecule has 172 valence electrons. The number of aromatic nitrogens is 3. The predicted molar refractivity (Wildman–Crippen MR) is 130 cm³/mol. The predicted octanol–water partition coefficient (Wildman–Crippen LogP) is 4.42. The number of aryl methyl sites for hydroxylation is 3. The van der Waals surface area contributed by atoms with Crippen LogP contribution in [0.4, 0.5) is 5.82 Å². The van der Waals surface area contributed by atoms with Gasteiger partial charge in [0.2, 0.25) is 5.91 Å². The van der Waals surface area contributed by atoms with Crippen LogP contribution in [0.15, 0.2) is 42.6 Å². The topological polar surface area (TPSA) is 102 Å². The number of fused-ring (bicyclic) bond motifs is 1. The van der Waals surface area contributed by atoms with Crippen LogP contribution in [0.25, 0.3) is 16.7 Å². The SMILES string of the molecule is COc1ccc(CC(=O)Nc2c(C#N)cnn2-c2cc(C)c3cc(C)cc(C)c3n2)cc1OC. The Hall–Kier alpha value is -4.38. The Morgan fingerprint density at radius 1 is 1.06 bits per heavy atom. The van der Waals surface area contributed by atoms with Gasteiger partial charge in [-0.3, -0.25) is 4.79 Å². The molecule has 4 rings (SSSR count). The lowest BCUT2D eigenvalue weighted by Gasteiger charge is -2.13. The Labute approximate surface area is 197 Å². The molecule has 8 heteroatoms. The largest absolute Gasteiger partial charge is 0.493 e. The third-order valence-corrected chi connectivity index (χ3v) is 5.62. The first-order valence-corrected chi connectivity index (χ1v) is 10.7. The van der Waals surface area contributed by atoms with Gasteiger partial charge in [0, 0.05) is 5.39 Å².